The van der Waals surface area contributed by atoms with E-state index >= 15 is 0 Å². The molecule has 0 saturated carbocycles. The molecule has 0 spiro atoms. The maximum atomic E-state index is 10.2. The zero-order valence-corrected chi connectivity index (χ0v) is 6.01. The summed E-state index contributed by atoms with van der Waals surface area (Å²) in [4.78, 5) is 10.2. The molecule has 0 aromatic heterocycles. The molecule has 3 nitrogen and oxygen atoms in total. The van der Waals surface area contributed by atoms with Crippen LogP contribution in [0, 0.1) is 0 Å². The number of rotatable bonds is 3. The van der Waals surface area contributed by atoms with Crippen LogP contribution >= 0.6 is 0 Å². The van der Waals surface area contributed by atoms with E-state index in [2.05, 4.69) is 5.32 Å². The highest BCUT2D eigenvalue weighted by molar-refractivity contribution is 5.72. The number of hydrogen-bond donors (Lipinski definition) is 2. The van der Waals surface area contributed by atoms with Gasteiger partial charge in [-0.25, -0.2) is 0 Å². The Morgan fingerprint density at radius 3 is 2.00 bits per heavy atom. The minimum absolute atomic E-state index is 0.232. The van der Waals surface area contributed by atoms with E-state index in [0.717, 1.165) is 0 Å². The molecule has 0 amide bonds. The molecule has 0 aromatic rings. The minimum Gasteiger partial charge on any atom is -0.480 e. The maximum absolute atomic E-state index is 10.2. The predicted molar refractivity (Wildman–Crippen MR) is 35.4 cm³/mol. The van der Waals surface area contributed by atoms with Crippen molar-refractivity contribution < 1.29 is 9.90 Å². The molecule has 3 heteroatoms. The zero-order valence-electron chi connectivity index (χ0n) is 6.01. The molecule has 0 radical (unpaired) electrons. The molecule has 0 bridgehead atoms. The quantitative estimate of drug-likeness (QED) is 0.585. The number of carboxylic acids is 1. The van der Waals surface area contributed by atoms with Crippen LogP contribution in [0.1, 0.15) is 20.8 Å². The Hall–Kier alpha value is -0.570. The standard InChI is InChI=1S/C6H13NO2/c1-4(2)7-5(3)6(8)9/h4-5,7H,1-3H3,(H,8,9)/t5-/m0/s1. The van der Waals surface area contributed by atoms with Gasteiger partial charge in [0.25, 0.3) is 0 Å². The molecule has 9 heavy (non-hydrogen) atoms. The van der Waals surface area contributed by atoms with Crippen LogP contribution in [0.15, 0.2) is 0 Å². The summed E-state index contributed by atoms with van der Waals surface area (Å²) < 4.78 is 0. The van der Waals surface area contributed by atoms with Gasteiger partial charge in [0.1, 0.15) is 6.04 Å². The maximum Gasteiger partial charge on any atom is 0.320 e. The van der Waals surface area contributed by atoms with Crippen molar-refractivity contribution in [2.45, 2.75) is 32.9 Å². The van der Waals surface area contributed by atoms with Crippen molar-refractivity contribution in [3.63, 3.8) is 0 Å². The van der Waals surface area contributed by atoms with Crippen molar-refractivity contribution in [3.8, 4) is 0 Å². The van der Waals surface area contributed by atoms with Gasteiger partial charge in [-0.1, -0.05) is 13.8 Å². The van der Waals surface area contributed by atoms with Crippen molar-refractivity contribution in [2.24, 2.45) is 0 Å². The van der Waals surface area contributed by atoms with E-state index < -0.39 is 12.0 Å². The highest BCUT2D eigenvalue weighted by Crippen LogP contribution is 1.84. The largest absolute Gasteiger partial charge is 0.480 e. The van der Waals surface area contributed by atoms with E-state index in [1.165, 1.54) is 0 Å². The number of aliphatic carboxylic acids is 1. The lowest BCUT2D eigenvalue weighted by atomic mass is 10.3. The topological polar surface area (TPSA) is 49.3 Å². The summed E-state index contributed by atoms with van der Waals surface area (Å²) in [5, 5.41) is 11.2. The first-order valence-electron chi connectivity index (χ1n) is 3.03. The summed E-state index contributed by atoms with van der Waals surface area (Å²) >= 11 is 0. The molecule has 0 heterocycles. The monoisotopic (exact) mass is 131 g/mol. The average Bonchev–Trinajstić information content (AvgIpc) is 1.63. The number of carboxylic acid groups (broad SMARTS) is 1. The van der Waals surface area contributed by atoms with E-state index in [1.54, 1.807) is 6.92 Å². The van der Waals surface area contributed by atoms with Gasteiger partial charge in [0.15, 0.2) is 0 Å². The predicted octanol–water partition coefficient (Wildman–Crippen LogP) is 0.457. The van der Waals surface area contributed by atoms with Crippen LogP contribution in [0.3, 0.4) is 0 Å². The van der Waals surface area contributed by atoms with Gasteiger partial charge in [-0.05, 0) is 6.92 Å². The van der Waals surface area contributed by atoms with Crippen LogP contribution in [0.2, 0.25) is 0 Å². The smallest absolute Gasteiger partial charge is 0.320 e. The molecule has 2 N–H and O–H groups in total. The Balaban J connectivity index is 3.50. The second kappa shape index (κ2) is 3.45. The van der Waals surface area contributed by atoms with Crippen LogP contribution in [0.25, 0.3) is 0 Å². The third-order valence-corrected chi connectivity index (χ3v) is 0.954. The molecule has 0 aliphatic heterocycles. The van der Waals surface area contributed by atoms with Crippen LogP contribution in [0.5, 0.6) is 0 Å². The molecule has 1 atom stereocenters. The van der Waals surface area contributed by atoms with Crippen molar-refractivity contribution >= 4 is 5.97 Å². The van der Waals surface area contributed by atoms with Gasteiger partial charge in [0.05, 0.1) is 0 Å². The molecule has 54 valence electrons. The summed E-state index contributed by atoms with van der Waals surface area (Å²) in [6.07, 6.45) is 0. The fourth-order valence-corrected chi connectivity index (χ4v) is 0.571. The summed E-state index contributed by atoms with van der Waals surface area (Å²) in [7, 11) is 0. The molecule has 0 saturated heterocycles. The molecule has 0 unspecified atom stereocenters. The van der Waals surface area contributed by atoms with E-state index in [1.807, 2.05) is 13.8 Å². The molecular formula is C6H13NO2. The van der Waals surface area contributed by atoms with Crippen molar-refractivity contribution in [1.82, 2.24) is 5.32 Å². The second-order valence-electron chi connectivity index (χ2n) is 2.38. The Bertz CT molecular complexity index is 101. The Morgan fingerprint density at radius 2 is 1.89 bits per heavy atom. The average molecular weight is 131 g/mol. The van der Waals surface area contributed by atoms with Crippen LogP contribution in [0.4, 0.5) is 0 Å². The van der Waals surface area contributed by atoms with Gasteiger partial charge in [0, 0.05) is 6.04 Å². The molecule has 0 aliphatic rings. The lowest BCUT2D eigenvalue weighted by Crippen LogP contribution is -2.38. The van der Waals surface area contributed by atoms with Gasteiger partial charge >= 0.3 is 5.97 Å². The molecule has 0 rings (SSSR count). The summed E-state index contributed by atoms with van der Waals surface area (Å²) in [5.41, 5.74) is 0. The second-order valence-corrected chi connectivity index (χ2v) is 2.38. The summed E-state index contributed by atoms with van der Waals surface area (Å²) in [5.74, 6) is -0.802. The van der Waals surface area contributed by atoms with Crippen molar-refractivity contribution in [3.05, 3.63) is 0 Å². The molecular weight excluding hydrogens is 118 g/mol. The highest BCUT2D eigenvalue weighted by atomic mass is 16.4. The SMILES string of the molecule is CC(C)N[C@@H](C)C(=O)O. The molecule has 0 fully saturated rings. The van der Waals surface area contributed by atoms with Crippen LogP contribution < -0.4 is 5.32 Å². The normalized spacial score (nSPS) is 13.8. The Labute approximate surface area is 55.1 Å². The lowest BCUT2D eigenvalue weighted by Gasteiger charge is -2.11. The summed E-state index contributed by atoms with van der Waals surface area (Å²) in [6.45, 7) is 5.46. The number of nitrogens with one attached hydrogen (secondary N) is 1. The Kier molecular flexibility index (Phi) is 3.24. The van der Waals surface area contributed by atoms with Gasteiger partial charge in [-0.3, -0.25) is 4.79 Å². The Morgan fingerprint density at radius 1 is 1.44 bits per heavy atom. The molecule has 0 aliphatic carbocycles. The van der Waals surface area contributed by atoms with Crippen LogP contribution in [-0.2, 0) is 4.79 Å². The number of carbonyl (C=O) groups is 1. The van der Waals surface area contributed by atoms with E-state index in [-0.39, 0.29) is 6.04 Å². The van der Waals surface area contributed by atoms with Crippen molar-refractivity contribution in [2.75, 3.05) is 0 Å². The van der Waals surface area contributed by atoms with Crippen LogP contribution in [-0.4, -0.2) is 23.2 Å². The summed E-state index contributed by atoms with van der Waals surface area (Å²) in [6, 6.07) is -0.207. The highest BCUT2D eigenvalue weighted by Gasteiger charge is 2.09. The van der Waals surface area contributed by atoms with E-state index in [0.29, 0.717) is 0 Å². The van der Waals surface area contributed by atoms with E-state index in [9.17, 15) is 4.79 Å². The lowest BCUT2D eigenvalue weighted by molar-refractivity contribution is -0.139. The van der Waals surface area contributed by atoms with Crippen molar-refractivity contribution in [1.29, 1.82) is 0 Å². The fraction of sp³-hybridized carbons (Fsp3) is 0.833. The first-order chi connectivity index (χ1) is 4.04. The third-order valence-electron chi connectivity index (χ3n) is 0.954. The number of hydrogen-bond acceptors (Lipinski definition) is 2. The molecule has 0 aromatic carbocycles. The van der Waals surface area contributed by atoms with Gasteiger partial charge < -0.3 is 10.4 Å². The van der Waals surface area contributed by atoms with Gasteiger partial charge in [-0.2, -0.15) is 0 Å². The minimum atomic E-state index is -0.802. The van der Waals surface area contributed by atoms with Gasteiger partial charge in [-0.15, -0.1) is 0 Å². The zero-order chi connectivity index (χ0) is 7.44. The first kappa shape index (κ1) is 8.43. The third kappa shape index (κ3) is 3.97. The van der Waals surface area contributed by atoms with E-state index in [4.69, 9.17) is 5.11 Å². The van der Waals surface area contributed by atoms with Gasteiger partial charge in [0.2, 0.25) is 0 Å². The first-order valence-corrected chi connectivity index (χ1v) is 3.03. The fourth-order valence-electron chi connectivity index (χ4n) is 0.571.